The minimum absolute atomic E-state index is 0.0884. The first-order valence-electron chi connectivity index (χ1n) is 7.82. The van der Waals surface area contributed by atoms with Crippen LogP contribution in [0.1, 0.15) is 52.9 Å². The molecule has 0 aromatic carbocycles. The predicted octanol–water partition coefficient (Wildman–Crippen LogP) is 1.93. The molecule has 0 spiro atoms. The number of carbonyl (C=O) groups is 1. The van der Waals surface area contributed by atoms with E-state index in [0.717, 1.165) is 12.8 Å². The lowest BCUT2D eigenvalue weighted by Gasteiger charge is -2.40. The van der Waals surface area contributed by atoms with Gasteiger partial charge in [0.15, 0.2) is 0 Å². The van der Waals surface area contributed by atoms with Gasteiger partial charge in [0.05, 0.1) is 5.41 Å². The number of carboxylic acids is 1. The van der Waals surface area contributed by atoms with Crippen LogP contribution >= 0.6 is 0 Å². The van der Waals surface area contributed by atoms with Gasteiger partial charge in [-0.3, -0.25) is 4.79 Å². The predicted molar refractivity (Wildman–Crippen MR) is 82.2 cm³/mol. The third kappa shape index (κ3) is 3.96. The van der Waals surface area contributed by atoms with Gasteiger partial charge in [0.2, 0.25) is 0 Å². The molecule has 1 heterocycles. The molecule has 0 amide bonds. The van der Waals surface area contributed by atoms with Crippen LogP contribution in [0.4, 0.5) is 0 Å². The molecule has 0 aromatic rings. The third-order valence-corrected chi connectivity index (χ3v) is 6.25. The molecule has 1 unspecified atom stereocenters. The van der Waals surface area contributed by atoms with Crippen molar-refractivity contribution < 1.29 is 18.3 Å². The largest absolute Gasteiger partial charge is 0.481 e. The monoisotopic (exact) mass is 320 g/mol. The van der Waals surface area contributed by atoms with E-state index in [1.54, 1.807) is 0 Å². The second-order valence-corrected chi connectivity index (χ2v) is 7.71. The molecule has 1 atom stereocenters. The minimum atomic E-state index is -3.56. The summed E-state index contributed by atoms with van der Waals surface area (Å²) >= 11 is 0. The summed E-state index contributed by atoms with van der Waals surface area (Å²) in [6, 6.07) is 0. The molecule has 1 saturated heterocycles. The Morgan fingerprint density at radius 3 is 2.24 bits per heavy atom. The van der Waals surface area contributed by atoms with E-state index in [9.17, 15) is 18.3 Å². The highest BCUT2D eigenvalue weighted by Gasteiger charge is 2.45. The summed E-state index contributed by atoms with van der Waals surface area (Å²) in [5, 5.41) is 9.48. The molecular formula is C14H28N2O4S. The first-order valence-corrected chi connectivity index (χ1v) is 9.22. The Hall–Kier alpha value is -0.660. The van der Waals surface area contributed by atoms with Gasteiger partial charge in [-0.15, -0.1) is 0 Å². The molecule has 6 nitrogen and oxygen atoms in total. The van der Waals surface area contributed by atoms with Crippen LogP contribution in [0.2, 0.25) is 0 Å². The highest BCUT2D eigenvalue weighted by Crippen LogP contribution is 2.35. The lowest BCUT2D eigenvalue weighted by atomic mass is 9.78. The number of rotatable bonds is 8. The van der Waals surface area contributed by atoms with Crippen molar-refractivity contribution in [3.63, 3.8) is 0 Å². The fraction of sp³-hybridized carbons (Fsp3) is 0.929. The second-order valence-electron chi connectivity index (χ2n) is 5.78. The molecule has 0 radical (unpaired) electrons. The van der Waals surface area contributed by atoms with Crippen molar-refractivity contribution in [3.05, 3.63) is 0 Å². The van der Waals surface area contributed by atoms with E-state index in [1.807, 2.05) is 20.8 Å². The van der Waals surface area contributed by atoms with Crippen LogP contribution in [0.15, 0.2) is 0 Å². The number of piperidine rings is 1. The molecule has 1 aliphatic heterocycles. The van der Waals surface area contributed by atoms with Crippen LogP contribution in [0.3, 0.4) is 0 Å². The van der Waals surface area contributed by atoms with Crippen molar-refractivity contribution in [1.82, 2.24) is 8.61 Å². The molecule has 1 rings (SSSR count). The highest BCUT2D eigenvalue weighted by atomic mass is 32.2. The zero-order valence-electron chi connectivity index (χ0n) is 13.3. The number of carboxylic acid groups (broad SMARTS) is 1. The Morgan fingerprint density at radius 1 is 1.24 bits per heavy atom. The number of aliphatic carboxylic acids is 1. The maximum absolute atomic E-state index is 12.8. The van der Waals surface area contributed by atoms with Crippen molar-refractivity contribution in [3.8, 4) is 0 Å². The van der Waals surface area contributed by atoms with E-state index in [1.165, 1.54) is 8.61 Å². The lowest BCUT2D eigenvalue weighted by Crippen LogP contribution is -2.53. The zero-order valence-corrected chi connectivity index (χ0v) is 14.2. The van der Waals surface area contributed by atoms with Crippen LogP contribution < -0.4 is 0 Å². The Morgan fingerprint density at radius 2 is 1.81 bits per heavy atom. The number of nitrogens with zero attached hydrogens (tertiary/aromatic N) is 2. The fourth-order valence-corrected chi connectivity index (χ4v) is 4.83. The summed E-state index contributed by atoms with van der Waals surface area (Å²) in [6.07, 6.45) is 3.11. The van der Waals surface area contributed by atoms with E-state index in [4.69, 9.17) is 0 Å². The zero-order chi connectivity index (χ0) is 16.1. The molecule has 1 fully saturated rings. The molecule has 0 aliphatic carbocycles. The second kappa shape index (κ2) is 7.56. The van der Waals surface area contributed by atoms with E-state index in [2.05, 4.69) is 0 Å². The van der Waals surface area contributed by atoms with Gasteiger partial charge in [-0.2, -0.15) is 17.0 Å². The number of hydrogen-bond donors (Lipinski definition) is 1. The van der Waals surface area contributed by atoms with Gasteiger partial charge in [-0.1, -0.05) is 20.8 Å². The van der Waals surface area contributed by atoms with Gasteiger partial charge in [0.25, 0.3) is 10.2 Å². The standard InChI is InChI=1S/C14H28N2O4S/c1-4-9-15(10-5-2)21(19,20)16-11-7-8-14(6-3,12-16)13(17)18/h4-12H2,1-3H3,(H,17,18). The summed E-state index contributed by atoms with van der Waals surface area (Å²) in [7, 11) is -3.56. The SMILES string of the molecule is CCCN(CCC)S(=O)(=O)N1CCCC(CC)(C(=O)O)C1. The van der Waals surface area contributed by atoms with Gasteiger partial charge in [0, 0.05) is 26.2 Å². The van der Waals surface area contributed by atoms with Gasteiger partial charge < -0.3 is 5.11 Å². The summed E-state index contributed by atoms with van der Waals surface area (Å²) < 4.78 is 28.4. The topological polar surface area (TPSA) is 77.9 Å². The first-order chi connectivity index (χ1) is 9.84. The van der Waals surface area contributed by atoms with E-state index < -0.39 is 21.6 Å². The maximum Gasteiger partial charge on any atom is 0.310 e. The Labute approximate surface area is 128 Å². The number of hydrogen-bond acceptors (Lipinski definition) is 3. The molecule has 124 valence electrons. The van der Waals surface area contributed by atoms with Gasteiger partial charge in [0.1, 0.15) is 0 Å². The van der Waals surface area contributed by atoms with Crippen molar-refractivity contribution in [2.24, 2.45) is 5.41 Å². The quantitative estimate of drug-likeness (QED) is 0.741. The summed E-state index contributed by atoms with van der Waals surface area (Å²) in [5.74, 6) is -0.887. The Balaban J connectivity index is 2.99. The molecule has 1 N–H and O–H groups in total. The minimum Gasteiger partial charge on any atom is -0.481 e. The fourth-order valence-electron chi connectivity index (χ4n) is 2.91. The van der Waals surface area contributed by atoms with Crippen molar-refractivity contribution in [2.75, 3.05) is 26.2 Å². The first kappa shape index (κ1) is 18.4. The maximum atomic E-state index is 12.8. The van der Waals surface area contributed by atoms with Crippen LogP contribution in [0.5, 0.6) is 0 Å². The van der Waals surface area contributed by atoms with Crippen molar-refractivity contribution in [1.29, 1.82) is 0 Å². The smallest absolute Gasteiger partial charge is 0.310 e. The van der Waals surface area contributed by atoms with Crippen molar-refractivity contribution >= 4 is 16.2 Å². The summed E-state index contributed by atoms with van der Waals surface area (Å²) in [5.41, 5.74) is -0.935. The van der Waals surface area contributed by atoms with E-state index >= 15 is 0 Å². The van der Waals surface area contributed by atoms with Gasteiger partial charge in [-0.25, -0.2) is 0 Å². The molecule has 0 saturated carbocycles. The Kier molecular flexibility index (Phi) is 6.62. The van der Waals surface area contributed by atoms with E-state index in [-0.39, 0.29) is 6.54 Å². The Bertz CT molecular complexity index is 446. The van der Waals surface area contributed by atoms with Crippen LogP contribution in [-0.4, -0.2) is 54.3 Å². The lowest BCUT2D eigenvalue weighted by molar-refractivity contribution is -0.151. The van der Waals surface area contributed by atoms with Crippen LogP contribution in [0.25, 0.3) is 0 Å². The average Bonchev–Trinajstić information content (AvgIpc) is 2.46. The van der Waals surface area contributed by atoms with Crippen LogP contribution in [-0.2, 0) is 15.0 Å². The highest BCUT2D eigenvalue weighted by molar-refractivity contribution is 7.86. The molecular weight excluding hydrogens is 292 g/mol. The molecule has 0 bridgehead atoms. The van der Waals surface area contributed by atoms with Gasteiger partial charge >= 0.3 is 5.97 Å². The molecule has 7 heteroatoms. The van der Waals surface area contributed by atoms with Crippen molar-refractivity contribution in [2.45, 2.75) is 52.9 Å². The normalized spacial score (nSPS) is 24.4. The molecule has 21 heavy (non-hydrogen) atoms. The van der Waals surface area contributed by atoms with Gasteiger partial charge in [-0.05, 0) is 32.1 Å². The third-order valence-electron chi connectivity index (χ3n) is 4.27. The van der Waals surface area contributed by atoms with Crippen LogP contribution in [0, 0.1) is 5.41 Å². The summed E-state index contributed by atoms with van der Waals surface area (Å²) in [6.45, 7) is 7.19. The molecule has 0 aromatic heterocycles. The van der Waals surface area contributed by atoms with E-state index in [0.29, 0.717) is 38.9 Å². The molecule has 1 aliphatic rings. The summed E-state index contributed by atoms with van der Waals surface area (Å²) in [4.78, 5) is 11.6. The average molecular weight is 320 g/mol.